The average molecular weight is 289 g/mol. The number of amides is 1. The number of hydrogen-bond acceptors (Lipinski definition) is 4. The zero-order chi connectivity index (χ0) is 14.4. The van der Waals surface area contributed by atoms with E-state index in [4.69, 9.17) is 0 Å². The first-order chi connectivity index (χ1) is 9.65. The first-order valence-electron chi connectivity index (χ1n) is 6.15. The van der Waals surface area contributed by atoms with E-state index < -0.39 is 5.69 Å². The molecule has 2 N–H and O–H groups in total. The minimum atomic E-state index is -0.400. The predicted molar refractivity (Wildman–Crippen MR) is 78.6 cm³/mol. The van der Waals surface area contributed by atoms with Crippen LogP contribution >= 0.6 is 11.8 Å². The molecule has 2 aromatic rings. The lowest BCUT2D eigenvalue weighted by Gasteiger charge is -2.06. The highest BCUT2D eigenvalue weighted by Crippen LogP contribution is 2.16. The Morgan fingerprint density at radius 1 is 1.35 bits per heavy atom. The van der Waals surface area contributed by atoms with E-state index in [1.54, 1.807) is 6.20 Å². The van der Waals surface area contributed by atoms with Crippen LogP contribution in [-0.4, -0.2) is 21.6 Å². The van der Waals surface area contributed by atoms with E-state index in [0.29, 0.717) is 11.6 Å². The van der Waals surface area contributed by atoms with Gasteiger partial charge >= 0.3 is 5.69 Å². The summed E-state index contributed by atoms with van der Waals surface area (Å²) in [5.41, 5.74) is 1.50. The van der Waals surface area contributed by atoms with E-state index in [1.165, 1.54) is 11.8 Å². The van der Waals surface area contributed by atoms with Crippen LogP contribution in [0, 0.1) is 6.92 Å². The normalized spacial score (nSPS) is 10.2. The molecular formula is C14H15N3O2S. The summed E-state index contributed by atoms with van der Waals surface area (Å²) in [6.07, 6.45) is 1.60. The highest BCUT2D eigenvalue weighted by atomic mass is 32.2. The fraction of sp³-hybridized carbons (Fsp3) is 0.214. The first kappa shape index (κ1) is 14.3. The second-order valence-corrected chi connectivity index (χ2v) is 5.21. The molecule has 0 aliphatic rings. The summed E-state index contributed by atoms with van der Waals surface area (Å²) in [5, 5.41) is 3.42. The quantitative estimate of drug-likeness (QED) is 0.646. The Morgan fingerprint density at radius 2 is 2.10 bits per heavy atom. The fourth-order valence-electron chi connectivity index (χ4n) is 1.57. The van der Waals surface area contributed by atoms with Crippen LogP contribution in [0.4, 0.5) is 0 Å². The highest BCUT2D eigenvalue weighted by molar-refractivity contribution is 7.99. The van der Waals surface area contributed by atoms with Crippen LogP contribution in [0.5, 0.6) is 0 Å². The maximum Gasteiger partial charge on any atom is 0.345 e. The average Bonchev–Trinajstić information content (AvgIpc) is 2.47. The number of nitrogens with zero attached hydrogens (tertiary/aromatic N) is 1. The van der Waals surface area contributed by atoms with Gasteiger partial charge in [-0.15, -0.1) is 0 Å². The zero-order valence-corrected chi connectivity index (χ0v) is 11.9. The highest BCUT2D eigenvalue weighted by Gasteiger charge is 2.06. The second-order valence-electron chi connectivity index (χ2n) is 4.24. The number of carbonyl (C=O) groups is 1. The number of aryl methyl sites for hydroxylation is 1. The lowest BCUT2D eigenvalue weighted by molar-refractivity contribution is -0.118. The number of rotatable bonds is 5. The molecule has 0 spiro atoms. The second kappa shape index (κ2) is 6.91. The number of benzene rings is 1. The van der Waals surface area contributed by atoms with Crippen LogP contribution in [-0.2, 0) is 11.3 Å². The molecule has 0 radical (unpaired) electrons. The summed E-state index contributed by atoms with van der Waals surface area (Å²) in [6.45, 7) is 2.34. The third kappa shape index (κ3) is 4.24. The number of thioether (sulfide) groups is 1. The van der Waals surface area contributed by atoms with Gasteiger partial charge in [0.25, 0.3) is 0 Å². The van der Waals surface area contributed by atoms with Gasteiger partial charge in [-0.25, -0.2) is 4.79 Å². The van der Waals surface area contributed by atoms with Crippen LogP contribution in [0.2, 0.25) is 0 Å². The van der Waals surface area contributed by atoms with Gasteiger partial charge in [0, 0.05) is 12.7 Å². The third-order valence-corrected chi connectivity index (χ3v) is 3.72. The van der Waals surface area contributed by atoms with Gasteiger partial charge in [0.2, 0.25) is 5.91 Å². The first-order valence-corrected chi connectivity index (χ1v) is 7.13. The number of H-pyrrole nitrogens is 1. The number of aromatic nitrogens is 2. The molecule has 1 aromatic carbocycles. The molecule has 2 rings (SSSR count). The summed E-state index contributed by atoms with van der Waals surface area (Å²) < 4.78 is 0. The minimum absolute atomic E-state index is 0.0830. The predicted octanol–water partition coefficient (Wildman–Crippen LogP) is 1.49. The maximum atomic E-state index is 11.7. The van der Waals surface area contributed by atoms with Gasteiger partial charge in [-0.05, 0) is 18.1 Å². The molecule has 0 aliphatic heterocycles. The lowest BCUT2D eigenvalue weighted by atomic mass is 10.2. The van der Waals surface area contributed by atoms with Gasteiger partial charge in [0.05, 0.1) is 5.75 Å². The topological polar surface area (TPSA) is 74.8 Å². The van der Waals surface area contributed by atoms with Crippen LogP contribution in [0.15, 0.2) is 46.3 Å². The molecule has 6 heteroatoms. The standard InChI is InChI=1S/C14H15N3O2S/c1-10-7-16-14(19)17-13(10)20-9-12(18)15-8-11-5-3-2-4-6-11/h2-7H,8-9H2,1H3,(H,15,18)(H,16,17,19). The van der Waals surface area contributed by atoms with Gasteiger partial charge in [0.15, 0.2) is 0 Å². The molecule has 1 aromatic heterocycles. The molecule has 104 valence electrons. The summed E-state index contributed by atoms with van der Waals surface area (Å²) in [6, 6.07) is 9.70. The summed E-state index contributed by atoms with van der Waals surface area (Å²) in [7, 11) is 0. The van der Waals surface area contributed by atoms with Crippen molar-refractivity contribution in [1.82, 2.24) is 15.3 Å². The van der Waals surface area contributed by atoms with Crippen molar-refractivity contribution in [2.75, 3.05) is 5.75 Å². The summed E-state index contributed by atoms with van der Waals surface area (Å²) in [5.74, 6) is 0.157. The Kier molecular flexibility index (Phi) is 4.95. The molecule has 1 amide bonds. The van der Waals surface area contributed by atoms with Crippen LogP contribution in [0.25, 0.3) is 0 Å². The summed E-state index contributed by atoms with van der Waals surface area (Å²) >= 11 is 1.26. The van der Waals surface area contributed by atoms with E-state index in [1.807, 2.05) is 37.3 Å². The Bertz CT molecular complexity index is 640. The number of hydrogen-bond donors (Lipinski definition) is 2. The van der Waals surface area contributed by atoms with Gasteiger partial charge < -0.3 is 10.3 Å². The molecule has 1 heterocycles. The van der Waals surface area contributed by atoms with E-state index in [-0.39, 0.29) is 11.7 Å². The molecule has 20 heavy (non-hydrogen) atoms. The van der Waals surface area contributed by atoms with Crippen molar-refractivity contribution < 1.29 is 4.79 Å². The number of aromatic amines is 1. The van der Waals surface area contributed by atoms with E-state index in [9.17, 15) is 9.59 Å². The largest absolute Gasteiger partial charge is 0.351 e. The van der Waals surface area contributed by atoms with Gasteiger partial charge in [-0.2, -0.15) is 4.98 Å². The van der Waals surface area contributed by atoms with Crippen molar-refractivity contribution >= 4 is 17.7 Å². The van der Waals surface area contributed by atoms with Gasteiger partial charge in [0.1, 0.15) is 5.03 Å². The smallest absolute Gasteiger partial charge is 0.345 e. The van der Waals surface area contributed by atoms with Crippen LogP contribution in [0.1, 0.15) is 11.1 Å². The van der Waals surface area contributed by atoms with Crippen molar-refractivity contribution in [2.24, 2.45) is 0 Å². The minimum Gasteiger partial charge on any atom is -0.351 e. The van der Waals surface area contributed by atoms with E-state index in [2.05, 4.69) is 15.3 Å². The Hall–Kier alpha value is -2.08. The molecule has 0 aliphatic carbocycles. The number of carbonyl (C=O) groups excluding carboxylic acids is 1. The molecule has 0 atom stereocenters. The third-order valence-electron chi connectivity index (χ3n) is 2.63. The Labute approximate surface area is 120 Å². The van der Waals surface area contributed by atoms with Crippen LogP contribution < -0.4 is 11.0 Å². The molecule has 0 saturated heterocycles. The van der Waals surface area contributed by atoms with Crippen molar-refractivity contribution in [3.05, 3.63) is 58.1 Å². The fourth-order valence-corrected chi connectivity index (χ4v) is 2.38. The number of nitrogens with one attached hydrogen (secondary N) is 2. The monoisotopic (exact) mass is 289 g/mol. The molecular weight excluding hydrogens is 274 g/mol. The zero-order valence-electron chi connectivity index (χ0n) is 11.1. The van der Waals surface area contributed by atoms with Gasteiger partial charge in [-0.3, -0.25) is 4.79 Å². The van der Waals surface area contributed by atoms with Crippen molar-refractivity contribution in [2.45, 2.75) is 18.5 Å². The lowest BCUT2D eigenvalue weighted by Crippen LogP contribution is -2.24. The van der Waals surface area contributed by atoms with E-state index in [0.717, 1.165) is 11.1 Å². The van der Waals surface area contributed by atoms with E-state index >= 15 is 0 Å². The molecule has 0 fully saturated rings. The van der Waals surface area contributed by atoms with Crippen LogP contribution in [0.3, 0.4) is 0 Å². The molecule has 0 saturated carbocycles. The summed E-state index contributed by atoms with van der Waals surface area (Å²) in [4.78, 5) is 29.2. The van der Waals surface area contributed by atoms with Crippen molar-refractivity contribution in [3.63, 3.8) is 0 Å². The molecule has 0 unspecified atom stereocenters. The molecule has 0 bridgehead atoms. The maximum absolute atomic E-state index is 11.7. The van der Waals surface area contributed by atoms with Gasteiger partial charge in [-0.1, -0.05) is 42.1 Å². The SMILES string of the molecule is Cc1c[nH]c(=O)nc1SCC(=O)NCc1ccccc1. The Morgan fingerprint density at radius 3 is 2.85 bits per heavy atom. The van der Waals surface area contributed by atoms with Crippen molar-refractivity contribution in [3.8, 4) is 0 Å². The Balaban J connectivity index is 1.83. The van der Waals surface area contributed by atoms with Crippen molar-refractivity contribution in [1.29, 1.82) is 0 Å². The molecule has 5 nitrogen and oxygen atoms in total.